The molecule has 118 valence electrons. The predicted octanol–water partition coefficient (Wildman–Crippen LogP) is 0.246. The van der Waals surface area contributed by atoms with E-state index in [1.165, 1.54) is 6.92 Å². The van der Waals surface area contributed by atoms with E-state index in [9.17, 15) is 19.5 Å². The molecule has 22 heavy (non-hydrogen) atoms. The Balaban J connectivity index is 2.13. The van der Waals surface area contributed by atoms with Gasteiger partial charge >= 0.3 is 11.9 Å². The van der Waals surface area contributed by atoms with Gasteiger partial charge in [-0.15, -0.1) is 0 Å². The van der Waals surface area contributed by atoms with Gasteiger partial charge in [0.15, 0.2) is 0 Å². The van der Waals surface area contributed by atoms with Crippen molar-refractivity contribution in [2.45, 2.75) is 25.0 Å². The number of carboxylic acids is 1. The summed E-state index contributed by atoms with van der Waals surface area (Å²) in [5.41, 5.74) is 4.28. The molecule has 1 fully saturated rings. The Bertz CT molecular complexity index is 589. The molecule has 1 aliphatic rings. The monoisotopic (exact) mass is 306 g/mol. The average molecular weight is 306 g/mol. The van der Waals surface area contributed by atoms with Crippen LogP contribution in [0.3, 0.4) is 0 Å². The molecule has 0 saturated carbocycles. The lowest BCUT2D eigenvalue weighted by Crippen LogP contribution is -2.52. The molecule has 2 atom stereocenters. The fourth-order valence-corrected chi connectivity index (χ4v) is 2.59. The standard InChI is InChI=1S/C15H18N2O5/c1-15(14(20)21)7-11(9-17(15)12(18)8-16)22-13(19)10-5-3-2-4-6-10/h2-6,11H,7-9,16H2,1H3,(H,20,21)/t11-,15+/m1/s1. The fourth-order valence-electron chi connectivity index (χ4n) is 2.59. The second kappa shape index (κ2) is 6.15. The molecule has 0 aromatic heterocycles. The van der Waals surface area contributed by atoms with Gasteiger partial charge in [0.2, 0.25) is 5.91 Å². The molecule has 0 bridgehead atoms. The number of rotatable bonds is 4. The van der Waals surface area contributed by atoms with Crippen LogP contribution in [-0.2, 0) is 14.3 Å². The number of nitrogens with zero attached hydrogens (tertiary/aromatic N) is 1. The van der Waals surface area contributed by atoms with Crippen molar-refractivity contribution in [1.82, 2.24) is 4.90 Å². The van der Waals surface area contributed by atoms with Crippen LogP contribution >= 0.6 is 0 Å². The van der Waals surface area contributed by atoms with Crippen molar-refractivity contribution in [1.29, 1.82) is 0 Å². The fraction of sp³-hybridized carbons (Fsp3) is 0.400. The molecular formula is C15H18N2O5. The van der Waals surface area contributed by atoms with Crippen LogP contribution in [0.5, 0.6) is 0 Å². The first-order chi connectivity index (χ1) is 10.4. The molecule has 0 unspecified atom stereocenters. The highest BCUT2D eigenvalue weighted by Crippen LogP contribution is 2.31. The molecule has 3 N–H and O–H groups in total. The molecule has 0 radical (unpaired) electrons. The maximum absolute atomic E-state index is 12.0. The Labute approximate surface area is 127 Å². The Kier molecular flexibility index (Phi) is 4.46. The number of ether oxygens (including phenoxy) is 1. The van der Waals surface area contributed by atoms with Crippen LogP contribution in [0.15, 0.2) is 30.3 Å². The third-order valence-corrected chi connectivity index (χ3v) is 3.83. The van der Waals surface area contributed by atoms with E-state index in [2.05, 4.69) is 0 Å². The summed E-state index contributed by atoms with van der Waals surface area (Å²) in [6, 6.07) is 8.40. The van der Waals surface area contributed by atoms with Gasteiger partial charge < -0.3 is 20.5 Å². The molecule has 1 aromatic rings. The van der Waals surface area contributed by atoms with E-state index in [0.29, 0.717) is 5.56 Å². The minimum absolute atomic E-state index is 0.0252. The van der Waals surface area contributed by atoms with Crippen LogP contribution in [0.4, 0.5) is 0 Å². The first kappa shape index (κ1) is 16.0. The number of nitrogens with two attached hydrogens (primary N) is 1. The Hall–Kier alpha value is -2.41. The quantitative estimate of drug-likeness (QED) is 0.771. The van der Waals surface area contributed by atoms with Gasteiger partial charge in [0.1, 0.15) is 11.6 Å². The predicted molar refractivity (Wildman–Crippen MR) is 77.1 cm³/mol. The maximum Gasteiger partial charge on any atom is 0.338 e. The number of amides is 1. The van der Waals surface area contributed by atoms with Gasteiger partial charge in [-0.25, -0.2) is 9.59 Å². The van der Waals surface area contributed by atoms with Crippen LogP contribution in [0, 0.1) is 0 Å². The normalized spacial score (nSPS) is 24.1. The van der Waals surface area contributed by atoms with Gasteiger partial charge in [0.25, 0.3) is 0 Å². The zero-order chi connectivity index (χ0) is 16.3. The second-order valence-electron chi connectivity index (χ2n) is 5.38. The van der Waals surface area contributed by atoms with E-state index >= 15 is 0 Å². The number of esters is 1. The molecule has 7 heteroatoms. The number of benzene rings is 1. The molecular weight excluding hydrogens is 288 g/mol. The smallest absolute Gasteiger partial charge is 0.338 e. The molecule has 0 spiro atoms. The number of likely N-dealkylation sites (tertiary alicyclic amines) is 1. The average Bonchev–Trinajstić information content (AvgIpc) is 2.85. The molecule has 0 aliphatic carbocycles. The highest BCUT2D eigenvalue weighted by Gasteiger charge is 2.51. The van der Waals surface area contributed by atoms with Gasteiger partial charge in [-0.3, -0.25) is 4.79 Å². The Morgan fingerprint density at radius 3 is 2.55 bits per heavy atom. The third-order valence-electron chi connectivity index (χ3n) is 3.83. The zero-order valence-electron chi connectivity index (χ0n) is 12.2. The summed E-state index contributed by atoms with van der Waals surface area (Å²) in [5, 5.41) is 9.38. The van der Waals surface area contributed by atoms with E-state index < -0.39 is 29.5 Å². The number of carboxylic acid groups (broad SMARTS) is 1. The molecule has 7 nitrogen and oxygen atoms in total. The van der Waals surface area contributed by atoms with Crippen molar-refractivity contribution in [3.63, 3.8) is 0 Å². The van der Waals surface area contributed by atoms with Crippen molar-refractivity contribution < 1.29 is 24.2 Å². The first-order valence-electron chi connectivity index (χ1n) is 6.88. The molecule has 2 rings (SSSR count). The van der Waals surface area contributed by atoms with Crippen LogP contribution in [0.25, 0.3) is 0 Å². The number of carbonyl (C=O) groups excluding carboxylic acids is 2. The van der Waals surface area contributed by atoms with Gasteiger partial charge in [-0.1, -0.05) is 18.2 Å². The van der Waals surface area contributed by atoms with E-state index in [4.69, 9.17) is 10.5 Å². The van der Waals surface area contributed by atoms with Crippen LogP contribution < -0.4 is 5.73 Å². The van der Waals surface area contributed by atoms with Crippen LogP contribution in [0.2, 0.25) is 0 Å². The SMILES string of the molecule is C[C@@]1(C(=O)O)C[C@@H](OC(=O)c2ccccc2)CN1C(=O)CN. The number of hydrogen-bond acceptors (Lipinski definition) is 5. The van der Waals surface area contributed by atoms with Crippen molar-refractivity contribution >= 4 is 17.8 Å². The highest BCUT2D eigenvalue weighted by molar-refractivity contribution is 5.90. The van der Waals surface area contributed by atoms with E-state index in [1.807, 2.05) is 0 Å². The molecule has 1 aromatic carbocycles. The molecule has 1 saturated heterocycles. The summed E-state index contributed by atoms with van der Waals surface area (Å²) < 4.78 is 5.33. The minimum Gasteiger partial charge on any atom is -0.480 e. The summed E-state index contributed by atoms with van der Waals surface area (Å²) in [6.45, 7) is 1.17. The van der Waals surface area contributed by atoms with Gasteiger partial charge in [0, 0.05) is 6.42 Å². The third kappa shape index (κ3) is 2.94. The minimum atomic E-state index is -1.42. The van der Waals surface area contributed by atoms with Gasteiger partial charge in [-0.05, 0) is 19.1 Å². The lowest BCUT2D eigenvalue weighted by Gasteiger charge is -2.30. The molecule has 1 heterocycles. The largest absolute Gasteiger partial charge is 0.480 e. The highest BCUT2D eigenvalue weighted by atomic mass is 16.5. The second-order valence-corrected chi connectivity index (χ2v) is 5.38. The molecule has 1 amide bonds. The lowest BCUT2D eigenvalue weighted by molar-refractivity contribution is -0.154. The number of hydrogen-bond donors (Lipinski definition) is 2. The van der Waals surface area contributed by atoms with Crippen molar-refractivity contribution in [2.75, 3.05) is 13.1 Å². The number of aliphatic carboxylic acids is 1. The summed E-state index contributed by atoms with van der Waals surface area (Å²) >= 11 is 0. The molecule has 1 aliphatic heterocycles. The Morgan fingerprint density at radius 1 is 1.36 bits per heavy atom. The summed E-state index contributed by atoms with van der Waals surface area (Å²) in [5.74, 6) is -2.17. The topological polar surface area (TPSA) is 110 Å². The summed E-state index contributed by atoms with van der Waals surface area (Å²) in [7, 11) is 0. The van der Waals surface area contributed by atoms with Crippen molar-refractivity contribution in [3.8, 4) is 0 Å². The van der Waals surface area contributed by atoms with E-state index in [1.54, 1.807) is 30.3 Å². The van der Waals surface area contributed by atoms with Crippen LogP contribution in [-0.4, -0.2) is 52.6 Å². The zero-order valence-corrected chi connectivity index (χ0v) is 12.2. The first-order valence-corrected chi connectivity index (χ1v) is 6.88. The maximum atomic E-state index is 12.0. The van der Waals surface area contributed by atoms with Gasteiger partial charge in [-0.2, -0.15) is 0 Å². The number of carbonyl (C=O) groups is 3. The summed E-state index contributed by atoms with van der Waals surface area (Å²) in [6.07, 6.45) is -0.642. The lowest BCUT2D eigenvalue weighted by atomic mass is 9.98. The van der Waals surface area contributed by atoms with E-state index in [0.717, 1.165) is 4.90 Å². The summed E-state index contributed by atoms with van der Waals surface area (Å²) in [4.78, 5) is 36.5. The van der Waals surface area contributed by atoms with E-state index in [-0.39, 0.29) is 19.5 Å². The van der Waals surface area contributed by atoms with Crippen molar-refractivity contribution in [2.24, 2.45) is 5.73 Å². The van der Waals surface area contributed by atoms with Gasteiger partial charge in [0.05, 0.1) is 18.7 Å². The Morgan fingerprint density at radius 2 is 2.00 bits per heavy atom. The van der Waals surface area contributed by atoms with Crippen LogP contribution in [0.1, 0.15) is 23.7 Å². The van der Waals surface area contributed by atoms with Crippen molar-refractivity contribution in [3.05, 3.63) is 35.9 Å².